The van der Waals surface area contributed by atoms with E-state index < -0.39 is 10.0 Å². The molecule has 1 aliphatic rings. The van der Waals surface area contributed by atoms with Gasteiger partial charge in [0.25, 0.3) is 14.4 Å². The monoisotopic (exact) mass is 383 g/mol. The molecule has 2 aromatic rings. The molecule has 9 nitrogen and oxygen atoms in total. The van der Waals surface area contributed by atoms with Crippen LogP contribution in [0.25, 0.3) is 0 Å². The molecule has 1 saturated heterocycles. The van der Waals surface area contributed by atoms with Crippen LogP contribution in [0.15, 0.2) is 28.6 Å². The number of rotatable bonds is 5. The molecule has 2 heterocycles. The van der Waals surface area contributed by atoms with Gasteiger partial charge in [-0.2, -0.15) is 8.42 Å². The predicted molar refractivity (Wildman–Crippen MR) is 94.5 cm³/mol. The molecule has 0 bridgehead atoms. The molecule has 0 radical (unpaired) electrons. The van der Waals surface area contributed by atoms with Crippen molar-refractivity contribution in [2.24, 2.45) is 0 Å². The van der Waals surface area contributed by atoms with Gasteiger partial charge in [0.1, 0.15) is 0 Å². The quantitative estimate of drug-likeness (QED) is 0.744. The molecule has 1 aliphatic heterocycles. The first-order valence-corrected chi connectivity index (χ1v) is 9.81. The molecule has 0 aliphatic carbocycles. The van der Waals surface area contributed by atoms with E-state index in [1.165, 1.54) is 6.92 Å². The maximum Gasteiger partial charge on any atom is 0.291 e. The second kappa shape index (κ2) is 7.33. The van der Waals surface area contributed by atoms with Crippen LogP contribution in [0.1, 0.15) is 6.92 Å². The van der Waals surface area contributed by atoms with Crippen LogP contribution in [0.2, 0.25) is 0 Å². The van der Waals surface area contributed by atoms with Gasteiger partial charge in [0.15, 0.2) is 0 Å². The van der Waals surface area contributed by atoms with Crippen molar-refractivity contribution < 1.29 is 17.9 Å². The molecule has 0 saturated carbocycles. The first-order chi connectivity index (χ1) is 11.9. The lowest BCUT2D eigenvalue weighted by Gasteiger charge is -2.29. The average molecular weight is 383 g/mol. The summed E-state index contributed by atoms with van der Waals surface area (Å²) in [5, 5.41) is 9.82. The second-order valence-corrected chi connectivity index (χ2v) is 8.14. The molecule has 25 heavy (non-hydrogen) atoms. The zero-order chi connectivity index (χ0) is 17.9. The maximum atomic E-state index is 12.4. The van der Waals surface area contributed by atoms with Crippen LogP contribution in [-0.4, -0.2) is 50.8 Å². The van der Waals surface area contributed by atoms with Crippen LogP contribution in [0.4, 0.5) is 16.5 Å². The van der Waals surface area contributed by atoms with E-state index in [1.54, 1.807) is 18.2 Å². The van der Waals surface area contributed by atoms with Gasteiger partial charge in [-0.3, -0.25) is 9.52 Å². The van der Waals surface area contributed by atoms with Crippen LogP contribution >= 0.6 is 11.3 Å². The van der Waals surface area contributed by atoms with Gasteiger partial charge in [-0.25, -0.2) is 0 Å². The number of morpholine rings is 1. The van der Waals surface area contributed by atoms with Crippen molar-refractivity contribution in [1.82, 2.24) is 10.2 Å². The molecule has 2 N–H and O–H groups in total. The molecule has 134 valence electrons. The Balaban J connectivity index is 1.76. The average Bonchev–Trinajstić information content (AvgIpc) is 3.04. The lowest BCUT2D eigenvalue weighted by atomic mass is 10.2. The minimum atomic E-state index is -3.88. The number of hydrogen-bond acceptors (Lipinski definition) is 8. The van der Waals surface area contributed by atoms with Crippen molar-refractivity contribution in [2.75, 3.05) is 41.2 Å². The number of benzene rings is 1. The Kier molecular flexibility index (Phi) is 5.16. The highest BCUT2D eigenvalue weighted by atomic mass is 32.2. The van der Waals surface area contributed by atoms with E-state index in [0.29, 0.717) is 18.9 Å². The first-order valence-electron chi connectivity index (χ1n) is 7.51. The molecular weight excluding hydrogens is 366 g/mol. The molecular formula is C14H17N5O4S2. The summed E-state index contributed by atoms with van der Waals surface area (Å²) in [5.74, 6) is -0.341. The van der Waals surface area contributed by atoms with Crippen molar-refractivity contribution in [2.45, 2.75) is 11.3 Å². The van der Waals surface area contributed by atoms with E-state index in [2.05, 4.69) is 25.1 Å². The Hall–Kier alpha value is -2.24. The van der Waals surface area contributed by atoms with Crippen LogP contribution in [0.5, 0.6) is 0 Å². The van der Waals surface area contributed by atoms with E-state index in [0.717, 1.165) is 30.1 Å². The van der Waals surface area contributed by atoms with E-state index in [9.17, 15) is 13.2 Å². The number of aromatic nitrogens is 2. The predicted octanol–water partition coefficient (Wildman–Crippen LogP) is 1.13. The SMILES string of the molecule is CC(=O)Nc1nnc(S(=O)(=O)Nc2cccc(N3CCOCC3)c2)s1. The van der Waals surface area contributed by atoms with Crippen LogP contribution in [0, 0.1) is 0 Å². The Morgan fingerprint density at radius 3 is 2.76 bits per heavy atom. The van der Waals surface area contributed by atoms with Crippen molar-refractivity contribution in [3.05, 3.63) is 24.3 Å². The van der Waals surface area contributed by atoms with Crippen LogP contribution < -0.4 is 14.9 Å². The van der Waals surface area contributed by atoms with Gasteiger partial charge in [0.05, 0.1) is 18.9 Å². The minimum absolute atomic E-state index is 0.134. The first kappa shape index (κ1) is 17.6. The zero-order valence-electron chi connectivity index (χ0n) is 13.4. The zero-order valence-corrected chi connectivity index (χ0v) is 15.1. The number of nitrogens with zero attached hydrogens (tertiary/aromatic N) is 3. The Morgan fingerprint density at radius 2 is 2.04 bits per heavy atom. The van der Waals surface area contributed by atoms with Crippen molar-refractivity contribution in [3.8, 4) is 0 Å². The minimum Gasteiger partial charge on any atom is -0.378 e. The molecule has 1 aromatic heterocycles. The Bertz CT molecular complexity index is 862. The van der Waals surface area contributed by atoms with E-state index in [4.69, 9.17) is 4.74 Å². The summed E-state index contributed by atoms with van der Waals surface area (Å²) in [5.41, 5.74) is 1.35. The number of sulfonamides is 1. The second-order valence-electron chi connectivity index (χ2n) is 5.31. The number of hydrogen-bond donors (Lipinski definition) is 2. The molecule has 0 unspecified atom stereocenters. The lowest BCUT2D eigenvalue weighted by molar-refractivity contribution is -0.114. The van der Waals surface area contributed by atoms with E-state index >= 15 is 0 Å². The standard InChI is InChI=1S/C14H17N5O4S2/c1-10(20)15-13-16-17-14(24-13)25(21,22)18-11-3-2-4-12(9-11)19-5-7-23-8-6-19/h2-4,9,18H,5-8H2,1H3,(H,15,16,20). The third-order valence-corrected chi connectivity index (χ3v) is 5.98. The van der Waals surface area contributed by atoms with Crippen LogP contribution in [-0.2, 0) is 19.6 Å². The normalized spacial score (nSPS) is 15.0. The number of carbonyl (C=O) groups is 1. The van der Waals surface area contributed by atoms with Gasteiger partial charge < -0.3 is 15.0 Å². The summed E-state index contributed by atoms with van der Waals surface area (Å²) in [6.07, 6.45) is 0. The smallest absolute Gasteiger partial charge is 0.291 e. The van der Waals surface area contributed by atoms with Gasteiger partial charge >= 0.3 is 0 Å². The fourth-order valence-electron chi connectivity index (χ4n) is 2.31. The number of ether oxygens (including phenoxy) is 1. The number of nitrogens with one attached hydrogen (secondary N) is 2. The number of amides is 1. The van der Waals surface area contributed by atoms with Crippen molar-refractivity contribution in [1.29, 1.82) is 0 Å². The Labute approximate surface area is 149 Å². The highest BCUT2D eigenvalue weighted by Crippen LogP contribution is 2.25. The van der Waals surface area contributed by atoms with E-state index in [-0.39, 0.29) is 15.4 Å². The topological polar surface area (TPSA) is 114 Å². The van der Waals surface area contributed by atoms with Gasteiger partial charge in [-0.1, -0.05) is 17.4 Å². The highest BCUT2D eigenvalue weighted by molar-refractivity contribution is 7.94. The number of carbonyl (C=O) groups excluding carboxylic acids is 1. The van der Waals surface area contributed by atoms with Gasteiger partial charge in [0.2, 0.25) is 11.0 Å². The molecule has 1 amide bonds. The summed E-state index contributed by atoms with van der Waals surface area (Å²) in [6.45, 7) is 4.11. The molecule has 0 spiro atoms. The number of anilines is 3. The fourth-order valence-corrected chi connectivity index (χ4v) is 4.30. The summed E-state index contributed by atoms with van der Waals surface area (Å²) < 4.78 is 32.5. The van der Waals surface area contributed by atoms with Gasteiger partial charge in [-0.15, -0.1) is 10.2 Å². The lowest BCUT2D eigenvalue weighted by Crippen LogP contribution is -2.36. The molecule has 1 fully saturated rings. The van der Waals surface area contributed by atoms with E-state index in [1.807, 2.05) is 6.07 Å². The summed E-state index contributed by atoms with van der Waals surface area (Å²) in [6, 6.07) is 7.13. The molecule has 3 rings (SSSR count). The maximum absolute atomic E-state index is 12.4. The van der Waals surface area contributed by atoms with Crippen molar-refractivity contribution >= 4 is 43.8 Å². The third-order valence-electron chi connectivity index (χ3n) is 3.39. The van der Waals surface area contributed by atoms with Gasteiger partial charge in [-0.05, 0) is 18.2 Å². The molecule has 11 heteroatoms. The van der Waals surface area contributed by atoms with Crippen LogP contribution in [0.3, 0.4) is 0 Å². The summed E-state index contributed by atoms with van der Waals surface area (Å²) >= 11 is 0.788. The largest absolute Gasteiger partial charge is 0.378 e. The molecule has 0 atom stereocenters. The third kappa shape index (κ3) is 4.44. The summed E-state index contributed by atoms with van der Waals surface area (Å²) in [7, 11) is -3.88. The highest BCUT2D eigenvalue weighted by Gasteiger charge is 2.21. The Morgan fingerprint density at radius 1 is 1.28 bits per heavy atom. The molecule has 1 aromatic carbocycles. The van der Waals surface area contributed by atoms with Gasteiger partial charge in [0, 0.05) is 25.7 Å². The summed E-state index contributed by atoms with van der Waals surface area (Å²) in [4.78, 5) is 13.1. The van der Waals surface area contributed by atoms with Crippen molar-refractivity contribution in [3.63, 3.8) is 0 Å². The fraction of sp³-hybridized carbons (Fsp3) is 0.357.